The number of hydrogen-bond acceptors (Lipinski definition) is 5. The molecule has 0 aliphatic carbocycles. The highest BCUT2D eigenvalue weighted by molar-refractivity contribution is 5.90. The average molecular weight is 447 g/mol. The van der Waals surface area contributed by atoms with E-state index in [1.165, 1.54) is 24.6 Å². The van der Waals surface area contributed by atoms with Crippen LogP contribution in [0.4, 0.5) is 5.69 Å². The summed E-state index contributed by atoms with van der Waals surface area (Å²) in [7, 11) is 0. The van der Waals surface area contributed by atoms with Crippen molar-refractivity contribution in [1.29, 1.82) is 0 Å². The monoisotopic (exact) mass is 446 g/mol. The number of benzene rings is 2. The lowest BCUT2D eigenvalue weighted by atomic mass is 10.1. The number of hydroxylamine groups is 1. The number of anilines is 1. The number of fused-ring (bicyclic) bond motifs is 1. The van der Waals surface area contributed by atoms with Crippen molar-refractivity contribution < 1.29 is 14.4 Å². The summed E-state index contributed by atoms with van der Waals surface area (Å²) in [5.41, 5.74) is 7.90. The first-order chi connectivity index (χ1) is 16.2. The lowest BCUT2D eigenvalue weighted by Crippen LogP contribution is -2.32. The largest absolute Gasteiger partial charge is 0.371 e. The SMILES string of the molecule is O=C(C=Cc1ccc(Cc2nc3ccc(N4CCCC4)cc3[nH]2)cc1)NOC1CCCCO1. The van der Waals surface area contributed by atoms with Crippen LogP contribution in [0.15, 0.2) is 48.5 Å². The van der Waals surface area contributed by atoms with Crippen LogP contribution >= 0.6 is 0 Å². The third-order valence-corrected chi connectivity index (χ3v) is 6.19. The van der Waals surface area contributed by atoms with E-state index in [2.05, 4.69) is 45.7 Å². The molecular weight excluding hydrogens is 416 g/mol. The van der Waals surface area contributed by atoms with E-state index in [0.29, 0.717) is 6.61 Å². The van der Waals surface area contributed by atoms with Crippen LogP contribution in [0.25, 0.3) is 17.1 Å². The van der Waals surface area contributed by atoms with Crippen molar-refractivity contribution in [3.8, 4) is 0 Å². The molecule has 0 radical (unpaired) electrons. The molecule has 0 spiro atoms. The maximum Gasteiger partial charge on any atom is 0.267 e. The fourth-order valence-electron chi connectivity index (χ4n) is 4.38. The Morgan fingerprint density at radius 3 is 2.79 bits per heavy atom. The standard InChI is InChI=1S/C26H30N4O3/c31-25(29-33-26-5-1-4-16-32-26)13-10-19-6-8-20(9-7-19)17-24-27-22-12-11-21(18-23(22)28-24)30-14-2-3-15-30/h6-13,18,26H,1-5,14-17H2,(H,27,28)(H,29,31). The fourth-order valence-corrected chi connectivity index (χ4v) is 4.38. The highest BCUT2D eigenvalue weighted by Crippen LogP contribution is 2.24. The van der Waals surface area contributed by atoms with Gasteiger partial charge in [0.1, 0.15) is 5.82 Å². The molecule has 0 saturated carbocycles. The van der Waals surface area contributed by atoms with E-state index in [4.69, 9.17) is 14.6 Å². The molecule has 7 nitrogen and oxygen atoms in total. The van der Waals surface area contributed by atoms with Gasteiger partial charge in [0.25, 0.3) is 5.91 Å². The summed E-state index contributed by atoms with van der Waals surface area (Å²) in [6, 6.07) is 14.6. The summed E-state index contributed by atoms with van der Waals surface area (Å²) >= 11 is 0. The number of amides is 1. The molecule has 3 aromatic rings. The Hall–Kier alpha value is -3.16. The van der Waals surface area contributed by atoms with Crippen LogP contribution in [0.3, 0.4) is 0 Å². The van der Waals surface area contributed by atoms with Gasteiger partial charge in [-0.2, -0.15) is 0 Å². The second-order valence-electron chi connectivity index (χ2n) is 8.71. The molecule has 172 valence electrons. The number of rotatable bonds is 7. The zero-order chi connectivity index (χ0) is 22.5. The maximum absolute atomic E-state index is 12.0. The number of carbonyl (C=O) groups is 1. The molecule has 2 saturated heterocycles. The number of H-pyrrole nitrogens is 1. The van der Waals surface area contributed by atoms with E-state index in [-0.39, 0.29) is 12.2 Å². The van der Waals surface area contributed by atoms with Crippen molar-refractivity contribution in [2.24, 2.45) is 0 Å². The number of ether oxygens (including phenoxy) is 1. The summed E-state index contributed by atoms with van der Waals surface area (Å²) in [5, 5.41) is 0. The van der Waals surface area contributed by atoms with Crippen molar-refractivity contribution in [2.75, 3.05) is 24.6 Å². The smallest absolute Gasteiger partial charge is 0.267 e. The third-order valence-electron chi connectivity index (χ3n) is 6.19. The first kappa shape index (κ1) is 21.7. The average Bonchev–Trinajstić information content (AvgIpc) is 3.52. The van der Waals surface area contributed by atoms with E-state index in [1.807, 2.05) is 12.1 Å². The molecule has 7 heteroatoms. The molecule has 2 fully saturated rings. The van der Waals surface area contributed by atoms with E-state index >= 15 is 0 Å². The van der Waals surface area contributed by atoms with Crippen molar-refractivity contribution in [3.05, 3.63) is 65.5 Å². The molecule has 5 rings (SSSR count). The third kappa shape index (κ3) is 5.61. The van der Waals surface area contributed by atoms with Gasteiger partial charge in [0, 0.05) is 44.3 Å². The summed E-state index contributed by atoms with van der Waals surface area (Å²) < 4.78 is 5.43. The highest BCUT2D eigenvalue weighted by Gasteiger charge is 2.15. The van der Waals surface area contributed by atoms with Gasteiger partial charge in [-0.25, -0.2) is 15.3 Å². The Morgan fingerprint density at radius 2 is 2.00 bits per heavy atom. The second kappa shape index (κ2) is 10.2. The van der Waals surface area contributed by atoms with Crippen LogP contribution in [0, 0.1) is 0 Å². The minimum atomic E-state index is -0.347. The Morgan fingerprint density at radius 1 is 1.15 bits per heavy atom. The zero-order valence-corrected chi connectivity index (χ0v) is 18.8. The minimum absolute atomic E-state index is 0.302. The van der Waals surface area contributed by atoms with Crippen LogP contribution < -0.4 is 10.4 Å². The molecule has 2 aliphatic heterocycles. The van der Waals surface area contributed by atoms with Crippen LogP contribution in [0.5, 0.6) is 0 Å². The number of nitrogens with zero attached hydrogens (tertiary/aromatic N) is 2. The Balaban J connectivity index is 1.16. The number of aromatic nitrogens is 2. The van der Waals surface area contributed by atoms with Crippen molar-refractivity contribution in [3.63, 3.8) is 0 Å². The van der Waals surface area contributed by atoms with Crippen molar-refractivity contribution >= 4 is 28.7 Å². The van der Waals surface area contributed by atoms with Gasteiger partial charge < -0.3 is 14.6 Å². The molecular formula is C26H30N4O3. The van der Waals surface area contributed by atoms with Gasteiger partial charge in [-0.1, -0.05) is 24.3 Å². The lowest BCUT2D eigenvalue weighted by molar-refractivity contribution is -0.198. The number of carbonyl (C=O) groups excluding carboxylic acids is 1. The van der Waals surface area contributed by atoms with Gasteiger partial charge in [0.2, 0.25) is 0 Å². The summed E-state index contributed by atoms with van der Waals surface area (Å²) in [5.74, 6) is 0.650. The Labute approximate surface area is 193 Å². The normalized spacial score (nSPS) is 18.9. The van der Waals surface area contributed by atoms with Gasteiger partial charge in [0.05, 0.1) is 11.0 Å². The predicted molar refractivity (Wildman–Crippen MR) is 129 cm³/mol. The van der Waals surface area contributed by atoms with E-state index in [0.717, 1.165) is 66.8 Å². The summed E-state index contributed by atoms with van der Waals surface area (Å²) in [4.78, 5) is 27.9. The molecule has 2 aromatic carbocycles. The molecule has 1 amide bonds. The molecule has 0 bridgehead atoms. The zero-order valence-electron chi connectivity index (χ0n) is 18.8. The number of aromatic amines is 1. The Kier molecular flexibility index (Phi) is 6.69. The highest BCUT2D eigenvalue weighted by atomic mass is 16.8. The molecule has 33 heavy (non-hydrogen) atoms. The number of imidazole rings is 1. The first-order valence-corrected chi connectivity index (χ1v) is 11.8. The predicted octanol–water partition coefficient (Wildman–Crippen LogP) is 4.34. The molecule has 1 atom stereocenters. The minimum Gasteiger partial charge on any atom is -0.371 e. The van der Waals surface area contributed by atoms with Crippen LogP contribution in [0.2, 0.25) is 0 Å². The topological polar surface area (TPSA) is 79.5 Å². The van der Waals surface area contributed by atoms with E-state index in [9.17, 15) is 4.79 Å². The molecule has 1 unspecified atom stereocenters. The van der Waals surface area contributed by atoms with E-state index < -0.39 is 0 Å². The first-order valence-electron chi connectivity index (χ1n) is 11.8. The van der Waals surface area contributed by atoms with Crippen LogP contribution in [-0.2, 0) is 20.8 Å². The van der Waals surface area contributed by atoms with Gasteiger partial charge in [-0.3, -0.25) is 4.79 Å². The van der Waals surface area contributed by atoms with Crippen molar-refractivity contribution in [1.82, 2.24) is 15.4 Å². The van der Waals surface area contributed by atoms with Crippen molar-refractivity contribution in [2.45, 2.75) is 44.8 Å². The quantitative estimate of drug-likeness (QED) is 0.417. The number of nitrogens with one attached hydrogen (secondary N) is 2. The van der Waals surface area contributed by atoms with Gasteiger partial charge in [0.15, 0.2) is 6.29 Å². The molecule has 1 aromatic heterocycles. The van der Waals surface area contributed by atoms with Crippen LogP contribution in [0.1, 0.15) is 49.1 Å². The summed E-state index contributed by atoms with van der Waals surface area (Å²) in [6.45, 7) is 2.95. The fraction of sp³-hybridized carbons (Fsp3) is 0.385. The number of hydrogen-bond donors (Lipinski definition) is 2. The molecule has 2 N–H and O–H groups in total. The van der Waals surface area contributed by atoms with Crippen LogP contribution in [-0.4, -0.2) is 41.9 Å². The van der Waals surface area contributed by atoms with Gasteiger partial charge >= 0.3 is 0 Å². The molecule has 2 aliphatic rings. The lowest BCUT2D eigenvalue weighted by Gasteiger charge is -2.21. The van der Waals surface area contributed by atoms with E-state index in [1.54, 1.807) is 6.08 Å². The van der Waals surface area contributed by atoms with Gasteiger partial charge in [-0.05, 0) is 61.1 Å². The molecule has 3 heterocycles. The summed E-state index contributed by atoms with van der Waals surface area (Å²) in [6.07, 6.45) is 9.05. The Bertz CT molecular complexity index is 1110. The van der Waals surface area contributed by atoms with Gasteiger partial charge in [-0.15, -0.1) is 0 Å². The second-order valence-corrected chi connectivity index (χ2v) is 8.71. The maximum atomic E-state index is 12.0.